The molecule has 1 fully saturated rings. The van der Waals surface area contributed by atoms with Gasteiger partial charge in [-0.05, 0) is 43.0 Å². The van der Waals surface area contributed by atoms with Gasteiger partial charge >= 0.3 is 0 Å². The van der Waals surface area contributed by atoms with Crippen molar-refractivity contribution >= 4 is 15.9 Å². The van der Waals surface area contributed by atoms with E-state index in [9.17, 15) is 8.42 Å². The standard InChI is InChI=1S/C24H32N4O3S/c1-3-19-8-10-21(11-9-19)32(29,30)28-16-12-24(13-17-28)23(25-14-15-27-24)26-18-20-6-4-5-7-22(20)31-2/h4-11,27H,3,12-18H2,1-2H3,(H,25,26). The summed E-state index contributed by atoms with van der Waals surface area (Å²) in [7, 11) is -1.82. The number of benzene rings is 2. The average Bonchev–Trinajstić information content (AvgIpc) is 2.84. The van der Waals surface area contributed by atoms with Crippen LogP contribution >= 0.6 is 0 Å². The zero-order chi connectivity index (χ0) is 22.6. The van der Waals surface area contributed by atoms with E-state index in [2.05, 4.69) is 17.6 Å². The van der Waals surface area contributed by atoms with Crippen LogP contribution in [0.2, 0.25) is 0 Å². The zero-order valence-corrected chi connectivity index (χ0v) is 19.6. The summed E-state index contributed by atoms with van der Waals surface area (Å²) in [5, 5.41) is 7.14. The molecule has 2 aliphatic heterocycles. The van der Waals surface area contributed by atoms with Gasteiger partial charge in [0.2, 0.25) is 10.0 Å². The number of hydrogen-bond donors (Lipinski definition) is 2. The molecule has 2 aromatic rings. The van der Waals surface area contributed by atoms with Gasteiger partial charge in [-0.1, -0.05) is 37.3 Å². The number of nitrogens with one attached hydrogen (secondary N) is 2. The van der Waals surface area contributed by atoms with Crippen molar-refractivity contribution < 1.29 is 13.2 Å². The van der Waals surface area contributed by atoms with Gasteiger partial charge in [-0.25, -0.2) is 8.42 Å². The lowest BCUT2D eigenvalue weighted by atomic mass is 9.85. The van der Waals surface area contributed by atoms with E-state index in [1.165, 1.54) is 0 Å². The number of sulfonamides is 1. The Morgan fingerprint density at radius 3 is 2.53 bits per heavy atom. The molecule has 172 valence electrons. The molecule has 2 aliphatic rings. The second kappa shape index (κ2) is 9.60. The smallest absolute Gasteiger partial charge is 0.243 e. The van der Waals surface area contributed by atoms with Gasteiger partial charge in [-0.15, -0.1) is 0 Å². The van der Waals surface area contributed by atoms with E-state index in [0.29, 0.717) is 43.9 Å². The molecular formula is C24H32N4O3S. The van der Waals surface area contributed by atoms with Gasteiger partial charge in [-0.3, -0.25) is 4.99 Å². The second-order valence-corrected chi connectivity index (χ2v) is 10.2. The molecule has 0 saturated carbocycles. The zero-order valence-electron chi connectivity index (χ0n) is 18.8. The van der Waals surface area contributed by atoms with E-state index >= 15 is 0 Å². The third-order valence-electron chi connectivity index (χ3n) is 6.48. The predicted molar refractivity (Wildman–Crippen MR) is 127 cm³/mol. The maximum atomic E-state index is 13.2. The first kappa shape index (κ1) is 22.8. The summed E-state index contributed by atoms with van der Waals surface area (Å²) < 4.78 is 33.4. The van der Waals surface area contributed by atoms with Gasteiger partial charge in [-0.2, -0.15) is 4.31 Å². The molecule has 7 nitrogen and oxygen atoms in total. The highest BCUT2D eigenvalue weighted by molar-refractivity contribution is 7.89. The van der Waals surface area contributed by atoms with E-state index in [1.807, 2.05) is 36.4 Å². The molecule has 0 aromatic heterocycles. The Morgan fingerprint density at radius 1 is 1.12 bits per heavy atom. The van der Waals surface area contributed by atoms with Crippen molar-refractivity contribution in [1.29, 1.82) is 0 Å². The van der Waals surface area contributed by atoms with Gasteiger partial charge in [0, 0.05) is 31.7 Å². The van der Waals surface area contributed by atoms with Crippen LogP contribution in [0, 0.1) is 0 Å². The third-order valence-corrected chi connectivity index (χ3v) is 8.40. The first-order valence-electron chi connectivity index (χ1n) is 11.2. The molecule has 1 saturated heterocycles. The lowest BCUT2D eigenvalue weighted by Crippen LogP contribution is -2.64. The monoisotopic (exact) mass is 456 g/mol. The number of ether oxygens (including phenoxy) is 1. The molecule has 0 atom stereocenters. The number of methoxy groups -OCH3 is 1. The molecule has 0 aliphatic carbocycles. The Balaban J connectivity index is 1.45. The van der Waals surface area contributed by atoms with Crippen molar-refractivity contribution in [3.8, 4) is 5.75 Å². The van der Waals surface area contributed by atoms with Crippen LogP contribution in [0.4, 0.5) is 0 Å². The van der Waals surface area contributed by atoms with Gasteiger partial charge in [0.05, 0.1) is 24.1 Å². The van der Waals surface area contributed by atoms with Crippen LogP contribution in [0.25, 0.3) is 0 Å². The molecule has 2 N–H and O–H groups in total. The number of amidine groups is 1. The summed E-state index contributed by atoms with van der Waals surface area (Å²) >= 11 is 0. The molecule has 4 rings (SSSR count). The fraction of sp³-hybridized carbons (Fsp3) is 0.458. The fourth-order valence-electron chi connectivity index (χ4n) is 4.52. The SMILES string of the molecule is CCc1ccc(S(=O)(=O)N2CCC3(CC2)NCCN=C3NCc2ccccc2OC)cc1. The summed E-state index contributed by atoms with van der Waals surface area (Å²) in [6, 6.07) is 15.2. The first-order chi connectivity index (χ1) is 15.5. The topological polar surface area (TPSA) is 83.0 Å². The van der Waals surface area contributed by atoms with Crippen molar-refractivity contribution in [3.63, 3.8) is 0 Å². The third kappa shape index (κ3) is 4.53. The average molecular weight is 457 g/mol. The van der Waals surface area contributed by atoms with E-state index in [-0.39, 0.29) is 5.54 Å². The van der Waals surface area contributed by atoms with Crippen molar-refractivity contribution in [2.75, 3.05) is 33.3 Å². The summed E-state index contributed by atoms with van der Waals surface area (Å²) in [4.78, 5) is 5.14. The minimum Gasteiger partial charge on any atom is -0.496 e. The molecule has 32 heavy (non-hydrogen) atoms. The maximum Gasteiger partial charge on any atom is 0.243 e. The van der Waals surface area contributed by atoms with Gasteiger partial charge in [0.1, 0.15) is 11.6 Å². The quantitative estimate of drug-likeness (QED) is 0.698. The molecule has 2 heterocycles. The Morgan fingerprint density at radius 2 is 1.84 bits per heavy atom. The highest BCUT2D eigenvalue weighted by Gasteiger charge is 2.43. The van der Waals surface area contributed by atoms with Crippen LogP contribution in [0.1, 0.15) is 30.9 Å². The molecule has 8 heteroatoms. The first-order valence-corrected chi connectivity index (χ1v) is 12.7. The van der Waals surface area contributed by atoms with Crippen LogP contribution in [-0.2, 0) is 23.0 Å². The van der Waals surface area contributed by atoms with Crippen molar-refractivity contribution in [2.24, 2.45) is 4.99 Å². The lowest BCUT2D eigenvalue weighted by molar-refractivity contribution is 0.241. The molecule has 0 radical (unpaired) electrons. The Bertz CT molecular complexity index is 1060. The van der Waals surface area contributed by atoms with Crippen molar-refractivity contribution in [2.45, 2.75) is 43.2 Å². The number of para-hydroxylation sites is 1. The van der Waals surface area contributed by atoms with E-state index in [4.69, 9.17) is 9.73 Å². The molecule has 0 unspecified atom stereocenters. The van der Waals surface area contributed by atoms with Crippen LogP contribution in [0.5, 0.6) is 5.75 Å². The second-order valence-electron chi connectivity index (χ2n) is 8.31. The Kier molecular flexibility index (Phi) is 6.83. The highest BCUT2D eigenvalue weighted by atomic mass is 32.2. The minimum atomic E-state index is -3.50. The van der Waals surface area contributed by atoms with Gasteiger partial charge in [0.15, 0.2) is 0 Å². The van der Waals surface area contributed by atoms with E-state index in [0.717, 1.165) is 35.7 Å². The summed E-state index contributed by atoms with van der Waals surface area (Å²) in [6.45, 7) is 5.09. The largest absolute Gasteiger partial charge is 0.496 e. The van der Waals surface area contributed by atoms with Crippen molar-refractivity contribution in [3.05, 3.63) is 59.7 Å². The molecule has 1 spiro atoms. The predicted octanol–water partition coefficient (Wildman–Crippen LogP) is 2.57. The number of aliphatic imine (C=N–C) groups is 1. The minimum absolute atomic E-state index is 0.321. The van der Waals surface area contributed by atoms with E-state index in [1.54, 1.807) is 23.5 Å². The number of rotatable bonds is 6. The number of aryl methyl sites for hydroxylation is 1. The number of hydrogen-bond acceptors (Lipinski definition) is 6. The summed E-state index contributed by atoms with van der Waals surface area (Å²) in [5.74, 6) is 1.76. The van der Waals surface area contributed by atoms with Crippen LogP contribution in [0.15, 0.2) is 58.4 Å². The van der Waals surface area contributed by atoms with Crippen LogP contribution < -0.4 is 15.4 Å². The molecule has 2 aromatic carbocycles. The Hall–Kier alpha value is -2.42. The summed E-state index contributed by atoms with van der Waals surface area (Å²) in [6.07, 6.45) is 2.25. The number of nitrogens with zero attached hydrogens (tertiary/aromatic N) is 2. The van der Waals surface area contributed by atoms with Gasteiger partial charge < -0.3 is 15.4 Å². The number of piperidine rings is 1. The molecular weight excluding hydrogens is 424 g/mol. The summed E-state index contributed by atoms with van der Waals surface area (Å²) in [5.41, 5.74) is 1.88. The lowest BCUT2D eigenvalue weighted by Gasteiger charge is -2.44. The Labute approximate surface area is 190 Å². The normalized spacial score (nSPS) is 18.9. The molecule has 0 bridgehead atoms. The maximum absolute atomic E-state index is 13.2. The fourth-order valence-corrected chi connectivity index (χ4v) is 5.96. The highest BCUT2D eigenvalue weighted by Crippen LogP contribution is 2.29. The van der Waals surface area contributed by atoms with Gasteiger partial charge in [0.25, 0.3) is 0 Å². The van der Waals surface area contributed by atoms with Crippen molar-refractivity contribution in [1.82, 2.24) is 14.9 Å². The van der Waals surface area contributed by atoms with Crippen LogP contribution in [-0.4, -0.2) is 57.4 Å². The molecule has 0 amide bonds. The van der Waals surface area contributed by atoms with E-state index < -0.39 is 10.0 Å². The van der Waals surface area contributed by atoms with Crippen LogP contribution in [0.3, 0.4) is 0 Å².